The van der Waals surface area contributed by atoms with Gasteiger partial charge >= 0.3 is 6.18 Å². The molecule has 0 aromatic heterocycles. The van der Waals surface area contributed by atoms with E-state index in [0.29, 0.717) is 27.4 Å². The van der Waals surface area contributed by atoms with Crippen LogP contribution < -0.4 is 9.62 Å². The van der Waals surface area contributed by atoms with Crippen LogP contribution in [0, 0.1) is 6.92 Å². The van der Waals surface area contributed by atoms with Crippen molar-refractivity contribution in [2.75, 3.05) is 10.8 Å². The van der Waals surface area contributed by atoms with Crippen molar-refractivity contribution in [1.29, 1.82) is 0 Å². The van der Waals surface area contributed by atoms with Crippen LogP contribution in [-0.2, 0) is 32.3 Å². The highest BCUT2D eigenvalue weighted by molar-refractivity contribution is 7.92. The molecule has 12 heteroatoms. The Labute approximate surface area is 249 Å². The quantitative estimate of drug-likeness (QED) is 0.276. The third-order valence-electron chi connectivity index (χ3n) is 6.78. The molecular formula is C30H33ClF3N3O4S. The Morgan fingerprint density at radius 1 is 0.976 bits per heavy atom. The Hall–Kier alpha value is -3.57. The van der Waals surface area contributed by atoms with Crippen LogP contribution in [0.25, 0.3) is 0 Å². The predicted molar refractivity (Wildman–Crippen MR) is 157 cm³/mol. The Bertz CT molecular complexity index is 1500. The summed E-state index contributed by atoms with van der Waals surface area (Å²) in [5, 5.41) is 3.28. The molecule has 0 aliphatic heterocycles. The van der Waals surface area contributed by atoms with Crippen molar-refractivity contribution in [1.82, 2.24) is 10.2 Å². The number of hydrogen-bond acceptors (Lipinski definition) is 4. The number of aryl methyl sites for hydroxylation is 1. The molecule has 1 N–H and O–H groups in total. The maximum atomic E-state index is 13.9. The van der Waals surface area contributed by atoms with Gasteiger partial charge in [-0.3, -0.25) is 13.9 Å². The molecule has 0 fully saturated rings. The number of carbonyl (C=O) groups excluding carboxylic acids is 2. The SMILES string of the molecule is CC[C@H](C)NC(=O)[C@@H](C)N(Cc1ccc(Cl)cc1)C(=O)CN(c1cccc(C(F)(F)F)c1)S(=O)(=O)c1ccc(C)cc1. The number of amides is 2. The zero-order chi connectivity index (χ0) is 31.2. The van der Waals surface area contributed by atoms with Crippen LogP contribution in [0.3, 0.4) is 0 Å². The van der Waals surface area contributed by atoms with Gasteiger partial charge in [-0.1, -0.05) is 54.4 Å². The number of alkyl halides is 3. The number of hydrogen-bond donors (Lipinski definition) is 1. The summed E-state index contributed by atoms with van der Waals surface area (Å²) in [6.45, 7) is 6.02. The fourth-order valence-electron chi connectivity index (χ4n) is 4.04. The molecule has 42 heavy (non-hydrogen) atoms. The summed E-state index contributed by atoms with van der Waals surface area (Å²) in [6.07, 6.45) is -4.11. The number of rotatable bonds is 11. The van der Waals surface area contributed by atoms with E-state index < -0.39 is 46.2 Å². The van der Waals surface area contributed by atoms with Crippen LogP contribution in [0.1, 0.15) is 43.9 Å². The van der Waals surface area contributed by atoms with Crippen LogP contribution >= 0.6 is 11.6 Å². The lowest BCUT2D eigenvalue weighted by Crippen LogP contribution is -2.52. The molecule has 0 radical (unpaired) electrons. The maximum Gasteiger partial charge on any atom is 0.416 e. The first-order chi connectivity index (χ1) is 19.6. The molecule has 0 bridgehead atoms. The lowest BCUT2D eigenvalue weighted by Gasteiger charge is -2.32. The number of nitrogens with one attached hydrogen (secondary N) is 1. The molecule has 2 atom stereocenters. The second-order valence-corrected chi connectivity index (χ2v) is 12.3. The zero-order valence-corrected chi connectivity index (χ0v) is 25.2. The molecule has 0 unspecified atom stereocenters. The summed E-state index contributed by atoms with van der Waals surface area (Å²) in [5.74, 6) is -1.25. The van der Waals surface area contributed by atoms with Crippen LogP contribution in [-0.4, -0.2) is 43.8 Å². The van der Waals surface area contributed by atoms with Crippen molar-refractivity contribution in [3.63, 3.8) is 0 Å². The first-order valence-corrected chi connectivity index (χ1v) is 15.1. The van der Waals surface area contributed by atoms with Crippen molar-refractivity contribution in [2.24, 2.45) is 0 Å². The van der Waals surface area contributed by atoms with Gasteiger partial charge in [0.25, 0.3) is 10.0 Å². The Morgan fingerprint density at radius 2 is 1.60 bits per heavy atom. The topological polar surface area (TPSA) is 86.8 Å². The number of halogens is 4. The Balaban J connectivity index is 2.08. The lowest BCUT2D eigenvalue weighted by molar-refractivity contribution is -0.139. The fraction of sp³-hybridized carbons (Fsp3) is 0.333. The number of benzene rings is 3. The highest BCUT2D eigenvalue weighted by Crippen LogP contribution is 2.33. The smallest absolute Gasteiger partial charge is 0.352 e. The van der Waals surface area contributed by atoms with Gasteiger partial charge in [-0.2, -0.15) is 13.2 Å². The molecule has 0 heterocycles. The molecule has 2 amide bonds. The van der Waals surface area contributed by atoms with Crippen LogP contribution in [0.2, 0.25) is 5.02 Å². The zero-order valence-electron chi connectivity index (χ0n) is 23.7. The van der Waals surface area contributed by atoms with E-state index in [0.717, 1.165) is 17.7 Å². The van der Waals surface area contributed by atoms with E-state index in [1.807, 2.05) is 6.92 Å². The van der Waals surface area contributed by atoms with Gasteiger partial charge in [-0.25, -0.2) is 8.42 Å². The third-order valence-corrected chi connectivity index (χ3v) is 8.82. The Morgan fingerprint density at radius 3 is 2.17 bits per heavy atom. The molecule has 7 nitrogen and oxygen atoms in total. The standard InChI is InChI=1S/C30H33ClF3N3O4S/c1-5-21(3)35-29(39)22(4)36(18-23-11-13-25(31)14-12-23)28(38)19-37(26-8-6-7-24(17-26)30(32,33)34)42(40,41)27-15-9-20(2)10-16-27/h6-17,21-22H,5,18-19H2,1-4H3,(H,35,39)/t21-,22+/m0/s1. The molecule has 0 spiro atoms. The fourth-order valence-corrected chi connectivity index (χ4v) is 5.57. The van der Waals surface area contributed by atoms with Gasteiger partial charge in [-0.15, -0.1) is 0 Å². The van der Waals surface area contributed by atoms with E-state index in [1.54, 1.807) is 50.2 Å². The van der Waals surface area contributed by atoms with Gasteiger partial charge in [-0.05, 0) is 75.2 Å². The highest BCUT2D eigenvalue weighted by Gasteiger charge is 2.35. The van der Waals surface area contributed by atoms with Gasteiger partial charge in [0.15, 0.2) is 0 Å². The summed E-state index contributed by atoms with van der Waals surface area (Å²) >= 11 is 6.00. The number of sulfonamides is 1. The van der Waals surface area contributed by atoms with Crippen molar-refractivity contribution >= 4 is 39.1 Å². The molecule has 226 valence electrons. The summed E-state index contributed by atoms with van der Waals surface area (Å²) in [4.78, 5) is 28.0. The number of nitrogens with zero attached hydrogens (tertiary/aromatic N) is 2. The summed E-state index contributed by atoms with van der Waals surface area (Å²) < 4.78 is 69.1. The highest BCUT2D eigenvalue weighted by atomic mass is 35.5. The van der Waals surface area contributed by atoms with E-state index in [2.05, 4.69) is 5.32 Å². The molecule has 3 aromatic rings. The third kappa shape index (κ3) is 8.25. The Kier molecular flexibility index (Phi) is 10.7. The monoisotopic (exact) mass is 623 g/mol. The normalized spacial score (nSPS) is 13.2. The maximum absolute atomic E-state index is 13.9. The molecule has 0 aliphatic rings. The van der Waals surface area contributed by atoms with Crippen LogP contribution in [0.5, 0.6) is 0 Å². The molecule has 3 rings (SSSR count). The summed E-state index contributed by atoms with van der Waals surface area (Å²) in [6, 6.07) is 14.8. The average molecular weight is 624 g/mol. The molecule has 0 aliphatic carbocycles. The molecule has 3 aromatic carbocycles. The van der Waals surface area contributed by atoms with E-state index in [4.69, 9.17) is 11.6 Å². The minimum atomic E-state index is -4.75. The average Bonchev–Trinajstić information content (AvgIpc) is 2.94. The van der Waals surface area contributed by atoms with Gasteiger partial charge in [0.05, 0.1) is 16.1 Å². The van der Waals surface area contributed by atoms with Gasteiger partial charge in [0.2, 0.25) is 11.8 Å². The van der Waals surface area contributed by atoms with Crippen LogP contribution in [0.15, 0.2) is 77.7 Å². The van der Waals surface area contributed by atoms with E-state index in [1.165, 1.54) is 30.0 Å². The second-order valence-electron chi connectivity index (χ2n) is 10.0. The van der Waals surface area contributed by atoms with E-state index in [-0.39, 0.29) is 23.2 Å². The second kappa shape index (κ2) is 13.6. The number of carbonyl (C=O) groups is 2. The molecular weight excluding hydrogens is 591 g/mol. The minimum Gasteiger partial charge on any atom is -0.352 e. The van der Waals surface area contributed by atoms with Crippen molar-refractivity contribution in [2.45, 2.75) is 63.8 Å². The summed E-state index contributed by atoms with van der Waals surface area (Å²) in [5.41, 5.74) is -0.0355. The first-order valence-electron chi connectivity index (χ1n) is 13.2. The van der Waals surface area contributed by atoms with Crippen LogP contribution in [0.4, 0.5) is 18.9 Å². The number of anilines is 1. The largest absolute Gasteiger partial charge is 0.416 e. The van der Waals surface area contributed by atoms with Gasteiger partial charge < -0.3 is 10.2 Å². The summed E-state index contributed by atoms with van der Waals surface area (Å²) in [7, 11) is -4.51. The van der Waals surface area contributed by atoms with Gasteiger partial charge in [0, 0.05) is 17.6 Å². The molecule has 0 saturated carbocycles. The first kappa shape index (κ1) is 32.9. The van der Waals surface area contributed by atoms with Crippen molar-refractivity contribution in [3.8, 4) is 0 Å². The van der Waals surface area contributed by atoms with Crippen molar-refractivity contribution in [3.05, 3.63) is 94.5 Å². The predicted octanol–water partition coefficient (Wildman–Crippen LogP) is 6.19. The minimum absolute atomic E-state index is 0.0773. The lowest BCUT2D eigenvalue weighted by atomic mass is 10.1. The van der Waals surface area contributed by atoms with Gasteiger partial charge in [0.1, 0.15) is 12.6 Å². The van der Waals surface area contributed by atoms with Crippen molar-refractivity contribution < 1.29 is 31.2 Å². The molecule has 0 saturated heterocycles. The van der Waals surface area contributed by atoms with E-state index in [9.17, 15) is 31.2 Å². The van der Waals surface area contributed by atoms with E-state index >= 15 is 0 Å².